The Morgan fingerprint density at radius 1 is 0.909 bits per heavy atom. The van der Waals surface area contributed by atoms with Crippen LogP contribution in [-0.4, -0.2) is 30.4 Å². The molecule has 3 rings (SSSR count). The maximum absolute atomic E-state index is 13.2. The number of hydrogen-bond donors (Lipinski definition) is 0. The van der Waals surface area contributed by atoms with Crippen LogP contribution >= 0.6 is 7.60 Å². The highest BCUT2D eigenvalue weighted by atomic mass is 31.2. The van der Waals surface area contributed by atoms with Crippen molar-refractivity contribution in [3.8, 4) is 0 Å². The number of carbonyl (C=O) groups is 1. The lowest BCUT2D eigenvalue weighted by Crippen LogP contribution is -2.37. The lowest BCUT2D eigenvalue weighted by Gasteiger charge is -2.34. The highest BCUT2D eigenvalue weighted by molar-refractivity contribution is 7.53. The molecule has 2 aliphatic carbocycles. The molecule has 1 aliphatic heterocycles. The van der Waals surface area contributed by atoms with Crippen molar-refractivity contribution in [2.24, 2.45) is 0 Å². The van der Waals surface area contributed by atoms with Gasteiger partial charge in [0.2, 0.25) is 0 Å². The summed E-state index contributed by atoms with van der Waals surface area (Å²) in [7, 11) is -3.18. The lowest BCUT2D eigenvalue weighted by molar-refractivity contribution is -0.167. The monoisotopic (exact) mass is 330 g/mol. The Balaban J connectivity index is 1.60. The molecule has 0 amide bonds. The third-order valence-corrected chi connectivity index (χ3v) is 6.94. The number of esters is 1. The van der Waals surface area contributed by atoms with Gasteiger partial charge in [0.25, 0.3) is 0 Å². The summed E-state index contributed by atoms with van der Waals surface area (Å²) in [4.78, 5) is 11.0. The highest BCUT2D eigenvalue weighted by Crippen LogP contribution is 2.55. The first-order valence-electron chi connectivity index (χ1n) is 8.78. The zero-order valence-corrected chi connectivity index (χ0v) is 14.1. The molecule has 0 radical (unpaired) electrons. The Kier molecular flexibility index (Phi) is 5.59. The fraction of sp³-hybridized carbons (Fsp3) is 0.938. The smallest absolute Gasteiger partial charge is 0.334 e. The van der Waals surface area contributed by atoms with E-state index < -0.39 is 7.60 Å². The third-order valence-electron chi connectivity index (χ3n) is 4.84. The summed E-state index contributed by atoms with van der Waals surface area (Å²) in [6.07, 6.45) is 11.2. The van der Waals surface area contributed by atoms with Gasteiger partial charge in [-0.15, -0.1) is 0 Å². The number of rotatable bonds is 6. The van der Waals surface area contributed by atoms with E-state index in [1.54, 1.807) is 0 Å². The first kappa shape index (κ1) is 16.5. The fourth-order valence-electron chi connectivity index (χ4n) is 3.62. The zero-order chi connectivity index (χ0) is 15.4. The molecule has 0 N–H and O–H groups in total. The van der Waals surface area contributed by atoms with Crippen LogP contribution in [0.4, 0.5) is 0 Å². The van der Waals surface area contributed by atoms with Crippen molar-refractivity contribution in [2.75, 3.05) is 6.16 Å². The van der Waals surface area contributed by atoms with Crippen LogP contribution in [0.2, 0.25) is 0 Å². The number of hydrogen-bond acceptors (Lipinski definition) is 5. The quantitative estimate of drug-likeness (QED) is 0.540. The van der Waals surface area contributed by atoms with Gasteiger partial charge in [-0.2, -0.15) is 0 Å². The minimum atomic E-state index is -3.18. The molecule has 0 aromatic rings. The Bertz CT molecular complexity index is 394. The van der Waals surface area contributed by atoms with Gasteiger partial charge in [0.15, 0.2) is 0 Å². The van der Waals surface area contributed by atoms with Crippen molar-refractivity contribution in [2.45, 2.75) is 88.9 Å². The Hall–Kier alpha value is -0.380. The van der Waals surface area contributed by atoms with Gasteiger partial charge in [-0.1, -0.05) is 38.5 Å². The van der Waals surface area contributed by atoms with E-state index >= 15 is 0 Å². The van der Waals surface area contributed by atoms with E-state index in [0.717, 1.165) is 51.4 Å². The molecule has 6 heteroatoms. The molecule has 0 spiro atoms. The predicted octanol–water partition coefficient (Wildman–Crippen LogP) is 4.19. The molecule has 1 unspecified atom stereocenters. The average molecular weight is 330 g/mol. The van der Waals surface area contributed by atoms with E-state index in [4.69, 9.17) is 13.8 Å². The van der Waals surface area contributed by atoms with Gasteiger partial charge in [0.1, 0.15) is 6.10 Å². The number of cyclic esters (lactones) is 1. The van der Waals surface area contributed by atoms with E-state index in [0.29, 0.717) is 6.42 Å². The molecule has 5 nitrogen and oxygen atoms in total. The summed E-state index contributed by atoms with van der Waals surface area (Å²) in [5.74, 6) is -0.216. The van der Waals surface area contributed by atoms with Crippen LogP contribution in [0.5, 0.6) is 0 Å². The molecule has 126 valence electrons. The molecule has 0 aromatic carbocycles. The first-order chi connectivity index (χ1) is 10.6. The maximum Gasteiger partial charge on any atom is 0.334 e. The molecule has 3 aliphatic rings. The molecule has 1 atom stereocenters. The minimum absolute atomic E-state index is 0.0407. The van der Waals surface area contributed by atoms with Crippen molar-refractivity contribution in [3.05, 3.63) is 0 Å². The van der Waals surface area contributed by atoms with E-state index in [-0.39, 0.29) is 30.4 Å². The molecule has 0 aromatic heterocycles. The second kappa shape index (κ2) is 7.46. The molecular formula is C16H27O5P. The normalized spacial score (nSPS) is 28.2. The van der Waals surface area contributed by atoms with Crippen LogP contribution in [0.25, 0.3) is 0 Å². The molecular weight excluding hydrogens is 303 g/mol. The van der Waals surface area contributed by atoms with Crippen molar-refractivity contribution < 1.29 is 23.1 Å². The highest BCUT2D eigenvalue weighted by Gasteiger charge is 2.41. The number of ether oxygens (including phenoxy) is 1. The fourth-order valence-corrected chi connectivity index (χ4v) is 5.87. The summed E-state index contributed by atoms with van der Waals surface area (Å²) in [6, 6.07) is 0. The summed E-state index contributed by atoms with van der Waals surface area (Å²) < 4.78 is 30.2. The van der Waals surface area contributed by atoms with E-state index in [1.165, 1.54) is 12.8 Å². The summed E-state index contributed by atoms with van der Waals surface area (Å²) >= 11 is 0. The van der Waals surface area contributed by atoms with Gasteiger partial charge in [-0.25, -0.2) is 0 Å². The average Bonchev–Trinajstić information content (AvgIpc) is 2.47. The molecule has 0 bridgehead atoms. The minimum Gasteiger partial charge on any atom is -0.461 e. The molecule has 22 heavy (non-hydrogen) atoms. The van der Waals surface area contributed by atoms with E-state index in [2.05, 4.69) is 0 Å². The maximum atomic E-state index is 13.2. The van der Waals surface area contributed by atoms with Crippen molar-refractivity contribution in [3.63, 3.8) is 0 Å². The van der Waals surface area contributed by atoms with Crippen LogP contribution in [0.15, 0.2) is 0 Å². The van der Waals surface area contributed by atoms with Crippen LogP contribution in [-0.2, 0) is 23.1 Å². The van der Waals surface area contributed by atoms with E-state index in [9.17, 15) is 9.36 Å². The summed E-state index contributed by atoms with van der Waals surface area (Å²) in [5, 5.41) is 0. The summed E-state index contributed by atoms with van der Waals surface area (Å²) in [5.41, 5.74) is 0. The Morgan fingerprint density at radius 3 is 1.77 bits per heavy atom. The third kappa shape index (κ3) is 4.56. The van der Waals surface area contributed by atoms with Gasteiger partial charge < -0.3 is 13.8 Å². The topological polar surface area (TPSA) is 61.8 Å². The van der Waals surface area contributed by atoms with Gasteiger partial charge in [0, 0.05) is 0 Å². The first-order valence-corrected chi connectivity index (χ1v) is 10.5. The molecule has 1 saturated heterocycles. The molecule has 1 heterocycles. The van der Waals surface area contributed by atoms with Crippen molar-refractivity contribution in [1.82, 2.24) is 0 Å². The Morgan fingerprint density at radius 2 is 1.36 bits per heavy atom. The zero-order valence-electron chi connectivity index (χ0n) is 13.2. The van der Waals surface area contributed by atoms with Gasteiger partial charge in [0.05, 0.1) is 24.8 Å². The molecule has 2 saturated carbocycles. The second-order valence-corrected chi connectivity index (χ2v) is 8.85. The van der Waals surface area contributed by atoms with Gasteiger partial charge in [-0.3, -0.25) is 9.36 Å². The Labute approximate surface area is 132 Å². The largest absolute Gasteiger partial charge is 0.461 e. The molecule has 3 fully saturated rings. The van der Waals surface area contributed by atoms with Gasteiger partial charge >= 0.3 is 13.6 Å². The van der Waals surface area contributed by atoms with E-state index in [1.807, 2.05) is 0 Å². The number of carbonyl (C=O) groups excluding carboxylic acids is 1. The van der Waals surface area contributed by atoms with Crippen LogP contribution in [0.3, 0.4) is 0 Å². The van der Waals surface area contributed by atoms with Crippen molar-refractivity contribution in [1.29, 1.82) is 0 Å². The standard InChI is InChI=1S/C16H27O5P/c17-16-11-15(19-16)12-22(18,20-13-7-3-1-4-8-13)21-14-9-5-2-6-10-14/h13-15H,1-12H2. The summed E-state index contributed by atoms with van der Waals surface area (Å²) in [6.45, 7) is 0. The lowest BCUT2D eigenvalue weighted by atomic mass is 9.98. The van der Waals surface area contributed by atoms with Gasteiger partial charge in [-0.05, 0) is 25.7 Å². The van der Waals surface area contributed by atoms with Crippen LogP contribution < -0.4 is 0 Å². The van der Waals surface area contributed by atoms with Crippen LogP contribution in [0, 0.1) is 0 Å². The second-order valence-electron chi connectivity index (χ2n) is 6.84. The predicted molar refractivity (Wildman–Crippen MR) is 82.9 cm³/mol. The van der Waals surface area contributed by atoms with Crippen molar-refractivity contribution >= 4 is 13.6 Å². The SMILES string of the molecule is O=C1CC(CP(=O)(OC2CCCCC2)OC2CCCCC2)O1. The van der Waals surface area contributed by atoms with Crippen LogP contribution in [0.1, 0.15) is 70.6 Å².